The van der Waals surface area contributed by atoms with E-state index >= 15 is 0 Å². The van der Waals surface area contributed by atoms with Gasteiger partial charge in [0.1, 0.15) is 5.15 Å². The van der Waals surface area contributed by atoms with Gasteiger partial charge in [-0.15, -0.1) is 0 Å². The highest BCUT2D eigenvalue weighted by atomic mass is 35.5. The van der Waals surface area contributed by atoms with Gasteiger partial charge < -0.3 is 10.3 Å². The van der Waals surface area contributed by atoms with Crippen molar-refractivity contribution in [2.75, 3.05) is 6.54 Å². The van der Waals surface area contributed by atoms with E-state index in [4.69, 9.17) is 17.3 Å². The van der Waals surface area contributed by atoms with E-state index in [1.165, 1.54) is 10.9 Å². The molecule has 0 unspecified atom stereocenters. The average Bonchev–Trinajstić information content (AvgIpc) is 2.78. The first-order valence-electron chi connectivity index (χ1n) is 5.89. The Hall–Kier alpha value is -1.41. The summed E-state index contributed by atoms with van der Waals surface area (Å²) in [6.07, 6.45) is 1.34. The van der Waals surface area contributed by atoms with Crippen LogP contribution in [0.2, 0.25) is 5.15 Å². The molecule has 0 bridgehead atoms. The first-order valence-corrected chi connectivity index (χ1v) is 7.75. The number of aromatic nitrogens is 2. The average molecular weight is 315 g/mol. The molecule has 3 N–H and O–H groups in total. The van der Waals surface area contributed by atoms with Crippen molar-refractivity contribution in [1.29, 1.82) is 0 Å². The van der Waals surface area contributed by atoms with Gasteiger partial charge in [0.05, 0.1) is 6.33 Å². The number of nitrogens with zero attached hydrogens (tertiary/aromatic N) is 2. The Balaban J connectivity index is 2.09. The predicted molar refractivity (Wildman–Crippen MR) is 76.8 cm³/mol. The van der Waals surface area contributed by atoms with Crippen molar-refractivity contribution in [3.05, 3.63) is 47.4 Å². The minimum atomic E-state index is -3.77. The van der Waals surface area contributed by atoms with Crippen molar-refractivity contribution in [2.24, 2.45) is 12.8 Å². The second kappa shape index (κ2) is 5.92. The van der Waals surface area contributed by atoms with Crippen LogP contribution in [0.3, 0.4) is 0 Å². The van der Waals surface area contributed by atoms with Crippen molar-refractivity contribution in [1.82, 2.24) is 14.3 Å². The van der Waals surface area contributed by atoms with Gasteiger partial charge in [0.15, 0.2) is 0 Å². The number of nitrogens with two attached hydrogens (primary N) is 1. The summed E-state index contributed by atoms with van der Waals surface area (Å²) >= 11 is 5.88. The minimum Gasteiger partial charge on any atom is -0.324 e. The van der Waals surface area contributed by atoms with E-state index in [0.717, 1.165) is 5.56 Å². The third-order valence-corrected chi connectivity index (χ3v) is 4.72. The van der Waals surface area contributed by atoms with Crippen molar-refractivity contribution >= 4 is 21.6 Å². The van der Waals surface area contributed by atoms with Crippen LogP contribution in [-0.4, -0.2) is 24.5 Å². The molecule has 0 amide bonds. The van der Waals surface area contributed by atoms with Crippen molar-refractivity contribution < 1.29 is 8.42 Å². The summed E-state index contributed by atoms with van der Waals surface area (Å²) in [5.74, 6) is 0. The molecule has 0 radical (unpaired) electrons. The van der Waals surface area contributed by atoms with Gasteiger partial charge in [-0.25, -0.2) is 18.1 Å². The van der Waals surface area contributed by atoms with Gasteiger partial charge in [-0.05, 0) is 5.56 Å². The van der Waals surface area contributed by atoms with Crippen molar-refractivity contribution in [3.8, 4) is 0 Å². The molecule has 0 aliphatic carbocycles. The topological polar surface area (TPSA) is 90.0 Å². The molecule has 6 nitrogen and oxygen atoms in total. The normalized spacial score (nSPS) is 13.3. The first-order chi connectivity index (χ1) is 9.42. The van der Waals surface area contributed by atoms with E-state index < -0.39 is 16.1 Å². The highest BCUT2D eigenvalue weighted by Gasteiger charge is 2.22. The molecule has 0 saturated heterocycles. The number of nitrogens with one attached hydrogen (secondary N) is 1. The molecule has 1 aromatic carbocycles. The highest BCUT2D eigenvalue weighted by molar-refractivity contribution is 7.89. The minimum absolute atomic E-state index is 0.0609. The predicted octanol–water partition coefficient (Wildman–Crippen LogP) is 1.05. The summed E-state index contributed by atoms with van der Waals surface area (Å²) < 4.78 is 28.0. The fraction of sp³-hybridized carbons (Fsp3) is 0.250. The van der Waals surface area contributed by atoms with Crippen LogP contribution in [0.5, 0.6) is 0 Å². The van der Waals surface area contributed by atoms with Crippen LogP contribution in [0.25, 0.3) is 0 Å². The maximum Gasteiger partial charge on any atom is 0.261 e. The number of hydrogen-bond acceptors (Lipinski definition) is 4. The molecule has 1 atom stereocenters. The van der Waals surface area contributed by atoms with Crippen molar-refractivity contribution in [2.45, 2.75) is 11.1 Å². The van der Waals surface area contributed by atoms with Crippen LogP contribution in [0.1, 0.15) is 11.6 Å². The standard InChI is InChI=1S/C12H15ClN4O2S/c1-17-8-15-12(11(17)13)20(18,19)16-7-10(14)9-5-3-2-4-6-9/h2-6,8,10,16H,7,14H2,1H3/t10-/m1/s1. The Morgan fingerprint density at radius 2 is 2.05 bits per heavy atom. The van der Waals surface area contributed by atoms with E-state index in [-0.39, 0.29) is 16.7 Å². The molecule has 0 spiro atoms. The third kappa shape index (κ3) is 3.18. The largest absolute Gasteiger partial charge is 0.324 e. The summed E-state index contributed by atoms with van der Waals surface area (Å²) in [6.45, 7) is 0.0687. The molecule has 1 aromatic heterocycles. The maximum atomic E-state index is 12.1. The Morgan fingerprint density at radius 3 is 2.60 bits per heavy atom. The second-order valence-corrected chi connectivity index (χ2v) is 6.36. The fourth-order valence-corrected chi connectivity index (χ4v) is 3.14. The van der Waals surface area contributed by atoms with Crippen LogP contribution >= 0.6 is 11.6 Å². The van der Waals surface area contributed by atoms with Gasteiger partial charge in [0.25, 0.3) is 10.0 Å². The molecular formula is C12H15ClN4O2S. The number of sulfonamides is 1. The van der Waals surface area contributed by atoms with Crippen LogP contribution in [0.4, 0.5) is 0 Å². The molecule has 2 aromatic rings. The molecular weight excluding hydrogens is 300 g/mol. The monoisotopic (exact) mass is 314 g/mol. The highest BCUT2D eigenvalue weighted by Crippen LogP contribution is 2.18. The van der Waals surface area contributed by atoms with E-state index in [1.54, 1.807) is 7.05 Å². The zero-order valence-electron chi connectivity index (χ0n) is 10.8. The molecule has 0 aliphatic heterocycles. The zero-order valence-corrected chi connectivity index (χ0v) is 12.4. The van der Waals surface area contributed by atoms with Crippen LogP contribution < -0.4 is 10.5 Å². The number of rotatable bonds is 5. The lowest BCUT2D eigenvalue weighted by atomic mass is 10.1. The third-order valence-electron chi connectivity index (χ3n) is 2.81. The molecule has 0 fully saturated rings. The van der Waals surface area contributed by atoms with Gasteiger partial charge in [-0.2, -0.15) is 0 Å². The molecule has 8 heteroatoms. The fourth-order valence-electron chi connectivity index (χ4n) is 1.66. The Morgan fingerprint density at radius 1 is 1.40 bits per heavy atom. The summed E-state index contributed by atoms with van der Waals surface area (Å²) in [4.78, 5) is 3.78. The van der Waals surface area contributed by atoms with Crippen LogP contribution in [0, 0.1) is 0 Å². The Bertz CT molecular complexity index is 685. The zero-order chi connectivity index (χ0) is 14.8. The number of aryl methyl sites for hydroxylation is 1. The van der Waals surface area contributed by atoms with Crippen molar-refractivity contribution in [3.63, 3.8) is 0 Å². The molecule has 108 valence electrons. The maximum absolute atomic E-state index is 12.1. The number of imidazole rings is 1. The first kappa shape index (κ1) is 15.0. The summed E-state index contributed by atoms with van der Waals surface area (Å²) in [5.41, 5.74) is 6.79. The smallest absolute Gasteiger partial charge is 0.261 e. The lowest BCUT2D eigenvalue weighted by Gasteiger charge is -2.12. The molecule has 0 saturated carbocycles. The number of hydrogen-bond donors (Lipinski definition) is 2. The van der Waals surface area contributed by atoms with Gasteiger partial charge in [0.2, 0.25) is 5.03 Å². The van der Waals surface area contributed by atoms with E-state index in [0.29, 0.717) is 0 Å². The second-order valence-electron chi connectivity index (χ2n) is 4.32. The summed E-state index contributed by atoms with van der Waals surface area (Å²) in [5, 5.41) is -0.132. The van der Waals surface area contributed by atoms with Crippen LogP contribution in [0.15, 0.2) is 41.7 Å². The van der Waals surface area contributed by atoms with Gasteiger partial charge in [0, 0.05) is 19.6 Å². The SMILES string of the molecule is Cn1cnc(S(=O)(=O)NC[C@@H](N)c2ccccc2)c1Cl. The van der Waals surface area contributed by atoms with Gasteiger partial charge in [-0.3, -0.25) is 0 Å². The molecule has 20 heavy (non-hydrogen) atoms. The summed E-state index contributed by atoms with van der Waals surface area (Å²) in [6, 6.07) is 8.81. The van der Waals surface area contributed by atoms with Crippen LogP contribution in [-0.2, 0) is 17.1 Å². The molecule has 2 rings (SSSR count). The quantitative estimate of drug-likeness (QED) is 0.863. The lowest BCUT2D eigenvalue weighted by Crippen LogP contribution is -2.32. The lowest BCUT2D eigenvalue weighted by molar-refractivity contribution is 0.569. The summed E-state index contributed by atoms with van der Waals surface area (Å²) in [7, 11) is -2.15. The van der Waals surface area contributed by atoms with E-state index in [2.05, 4.69) is 9.71 Å². The molecule has 0 aliphatic rings. The van der Waals surface area contributed by atoms with E-state index in [1.807, 2.05) is 30.3 Å². The van der Waals surface area contributed by atoms with E-state index in [9.17, 15) is 8.42 Å². The van der Waals surface area contributed by atoms with Gasteiger partial charge >= 0.3 is 0 Å². The Labute approximate surface area is 122 Å². The number of benzene rings is 1. The Kier molecular flexibility index (Phi) is 4.44. The number of halogens is 1. The molecule has 1 heterocycles. The van der Waals surface area contributed by atoms with Gasteiger partial charge in [-0.1, -0.05) is 41.9 Å².